The largest absolute Gasteiger partial charge is 0.368 e. The summed E-state index contributed by atoms with van der Waals surface area (Å²) in [5.74, 6) is 0.00404. The molecule has 0 radical (unpaired) electrons. The van der Waals surface area contributed by atoms with Crippen LogP contribution < -0.4 is 4.90 Å². The number of hydrogen-bond donors (Lipinski definition) is 0. The summed E-state index contributed by atoms with van der Waals surface area (Å²) in [6.45, 7) is 2.94. The van der Waals surface area contributed by atoms with E-state index in [1.807, 2.05) is 21.0 Å². The van der Waals surface area contributed by atoms with Gasteiger partial charge in [-0.3, -0.25) is 9.78 Å². The maximum atomic E-state index is 13.4. The van der Waals surface area contributed by atoms with Crippen LogP contribution in [0.25, 0.3) is 11.1 Å². The van der Waals surface area contributed by atoms with Gasteiger partial charge in [-0.25, -0.2) is 19.3 Å². The number of nitrogens with zero attached hydrogens (tertiary/aromatic N) is 6. The number of aromatic nitrogens is 4. The zero-order valence-electron chi connectivity index (χ0n) is 17.6. The monoisotopic (exact) mass is 422 g/mol. The average Bonchev–Trinajstić information content (AvgIpc) is 2.79. The molecule has 4 rings (SSSR count). The number of morpholine rings is 1. The summed E-state index contributed by atoms with van der Waals surface area (Å²) in [5, 5.41) is 0. The summed E-state index contributed by atoms with van der Waals surface area (Å²) in [7, 11) is 3.70. The molecule has 0 spiro atoms. The highest BCUT2D eigenvalue weighted by Gasteiger charge is 2.30. The summed E-state index contributed by atoms with van der Waals surface area (Å²) in [6, 6.07) is 6.15. The number of ether oxygens (including phenoxy) is 1. The summed E-state index contributed by atoms with van der Waals surface area (Å²) >= 11 is 0. The summed E-state index contributed by atoms with van der Waals surface area (Å²) in [6.07, 6.45) is 4.31. The van der Waals surface area contributed by atoms with E-state index < -0.39 is 6.10 Å². The Morgan fingerprint density at radius 1 is 1.13 bits per heavy atom. The lowest BCUT2D eigenvalue weighted by atomic mass is 10.0. The van der Waals surface area contributed by atoms with Gasteiger partial charge in [0.05, 0.1) is 30.7 Å². The minimum Gasteiger partial charge on any atom is -0.368 e. The van der Waals surface area contributed by atoms with Gasteiger partial charge in [0.15, 0.2) is 0 Å². The molecule has 0 unspecified atom stereocenters. The second kappa shape index (κ2) is 8.73. The van der Waals surface area contributed by atoms with Gasteiger partial charge < -0.3 is 14.5 Å². The van der Waals surface area contributed by atoms with Crippen LogP contribution in [-0.4, -0.2) is 64.5 Å². The third-order valence-electron chi connectivity index (χ3n) is 5.02. The normalized spacial score (nSPS) is 16.3. The predicted molar refractivity (Wildman–Crippen MR) is 113 cm³/mol. The van der Waals surface area contributed by atoms with Gasteiger partial charge in [0.2, 0.25) is 5.95 Å². The topological polar surface area (TPSA) is 84.3 Å². The van der Waals surface area contributed by atoms with Crippen LogP contribution in [0.1, 0.15) is 28.0 Å². The highest BCUT2D eigenvalue weighted by Crippen LogP contribution is 2.32. The fourth-order valence-electron chi connectivity index (χ4n) is 3.36. The highest BCUT2D eigenvalue weighted by atomic mass is 19.1. The number of halogens is 1. The Labute approximate surface area is 179 Å². The molecule has 1 saturated heterocycles. The first-order valence-electron chi connectivity index (χ1n) is 9.92. The molecule has 3 aromatic rings. The number of carbonyl (C=O) groups is 1. The van der Waals surface area contributed by atoms with Crippen molar-refractivity contribution in [2.45, 2.75) is 13.0 Å². The molecule has 1 aliphatic heterocycles. The number of hydrogen-bond acceptors (Lipinski definition) is 7. The Morgan fingerprint density at radius 3 is 2.58 bits per heavy atom. The average molecular weight is 422 g/mol. The molecular weight excluding hydrogens is 399 g/mol. The predicted octanol–water partition coefficient (Wildman–Crippen LogP) is 2.66. The molecule has 0 saturated carbocycles. The van der Waals surface area contributed by atoms with E-state index in [4.69, 9.17) is 9.72 Å². The van der Waals surface area contributed by atoms with E-state index in [2.05, 4.69) is 15.0 Å². The number of benzene rings is 1. The van der Waals surface area contributed by atoms with Crippen LogP contribution in [0.2, 0.25) is 0 Å². The van der Waals surface area contributed by atoms with Gasteiger partial charge in [-0.15, -0.1) is 0 Å². The minimum atomic E-state index is -0.460. The molecule has 3 heterocycles. The zero-order valence-corrected chi connectivity index (χ0v) is 17.6. The van der Waals surface area contributed by atoms with Crippen LogP contribution in [0.15, 0.2) is 42.9 Å². The lowest BCUT2D eigenvalue weighted by Gasteiger charge is -2.33. The van der Waals surface area contributed by atoms with Crippen molar-refractivity contribution in [3.8, 4) is 11.1 Å². The Morgan fingerprint density at radius 2 is 1.90 bits per heavy atom. The maximum absolute atomic E-state index is 13.4. The van der Waals surface area contributed by atoms with Crippen molar-refractivity contribution in [3.05, 3.63) is 65.8 Å². The van der Waals surface area contributed by atoms with Crippen LogP contribution >= 0.6 is 0 Å². The summed E-state index contributed by atoms with van der Waals surface area (Å²) in [4.78, 5) is 33.9. The van der Waals surface area contributed by atoms with Crippen LogP contribution in [0.5, 0.6) is 0 Å². The van der Waals surface area contributed by atoms with Crippen LogP contribution in [0.3, 0.4) is 0 Å². The maximum Gasteiger partial charge on any atom is 0.274 e. The Kier molecular flexibility index (Phi) is 5.85. The van der Waals surface area contributed by atoms with Crippen LogP contribution in [0, 0.1) is 12.7 Å². The molecule has 1 atom stereocenters. The van der Waals surface area contributed by atoms with Gasteiger partial charge >= 0.3 is 0 Å². The Bertz CT molecular complexity index is 1070. The number of amides is 1. The van der Waals surface area contributed by atoms with Gasteiger partial charge in [0, 0.05) is 38.6 Å². The molecule has 1 amide bonds. The molecule has 0 bridgehead atoms. The first kappa shape index (κ1) is 20.8. The standard InChI is InChI=1S/C22H23FN6O2/c1-14-10-25-18(12-24-14)21(30)29-8-9-31-19(13-29)20-17(11-26-22(27-20)28(2)3)15-4-6-16(23)7-5-15/h4-7,10-12,19H,8-9,13H2,1-3H3/t19-/m0/s1. The first-order chi connectivity index (χ1) is 14.9. The molecule has 9 heteroatoms. The molecule has 1 fully saturated rings. The Hall–Kier alpha value is -3.46. The van der Waals surface area contributed by atoms with E-state index >= 15 is 0 Å². The molecule has 0 N–H and O–H groups in total. The number of aryl methyl sites for hydroxylation is 1. The SMILES string of the molecule is Cc1cnc(C(=O)N2CCO[C@H](c3nc(N(C)C)ncc3-c3ccc(F)cc3)C2)cn1. The van der Waals surface area contributed by atoms with Crippen molar-refractivity contribution in [2.24, 2.45) is 0 Å². The van der Waals surface area contributed by atoms with Crippen molar-refractivity contribution < 1.29 is 13.9 Å². The molecule has 1 aliphatic rings. The second-order valence-electron chi connectivity index (χ2n) is 7.52. The van der Waals surface area contributed by atoms with E-state index in [9.17, 15) is 9.18 Å². The lowest BCUT2D eigenvalue weighted by Crippen LogP contribution is -2.43. The van der Waals surface area contributed by atoms with E-state index in [-0.39, 0.29) is 11.7 Å². The smallest absolute Gasteiger partial charge is 0.274 e. The van der Waals surface area contributed by atoms with E-state index in [1.165, 1.54) is 18.3 Å². The molecule has 0 aliphatic carbocycles. The Balaban J connectivity index is 1.66. The molecule has 160 valence electrons. The minimum absolute atomic E-state index is 0.203. The van der Waals surface area contributed by atoms with Gasteiger partial charge in [-0.05, 0) is 24.6 Å². The van der Waals surface area contributed by atoms with Crippen molar-refractivity contribution in [3.63, 3.8) is 0 Å². The van der Waals surface area contributed by atoms with Gasteiger partial charge in [0.25, 0.3) is 5.91 Å². The van der Waals surface area contributed by atoms with Gasteiger partial charge in [-0.1, -0.05) is 12.1 Å². The summed E-state index contributed by atoms with van der Waals surface area (Å²) < 4.78 is 19.4. The highest BCUT2D eigenvalue weighted by molar-refractivity contribution is 5.92. The van der Waals surface area contributed by atoms with Crippen molar-refractivity contribution >= 4 is 11.9 Å². The molecule has 1 aromatic carbocycles. The van der Waals surface area contributed by atoms with E-state index in [1.54, 1.807) is 34.3 Å². The molecule has 2 aromatic heterocycles. The summed E-state index contributed by atoms with van der Waals surface area (Å²) in [5.41, 5.74) is 3.20. The fraction of sp³-hybridized carbons (Fsp3) is 0.318. The van der Waals surface area contributed by atoms with Crippen LogP contribution in [-0.2, 0) is 4.74 Å². The molecule has 8 nitrogen and oxygen atoms in total. The number of anilines is 1. The van der Waals surface area contributed by atoms with E-state index in [0.717, 1.165) is 16.8 Å². The van der Waals surface area contributed by atoms with Gasteiger partial charge in [-0.2, -0.15) is 0 Å². The second-order valence-corrected chi connectivity index (χ2v) is 7.52. The fourth-order valence-corrected chi connectivity index (χ4v) is 3.36. The van der Waals surface area contributed by atoms with Crippen molar-refractivity contribution in [2.75, 3.05) is 38.7 Å². The van der Waals surface area contributed by atoms with Gasteiger partial charge in [0.1, 0.15) is 17.6 Å². The first-order valence-corrected chi connectivity index (χ1v) is 9.92. The quantitative estimate of drug-likeness (QED) is 0.639. The lowest BCUT2D eigenvalue weighted by molar-refractivity contribution is -0.0246. The van der Waals surface area contributed by atoms with Crippen LogP contribution in [0.4, 0.5) is 10.3 Å². The third kappa shape index (κ3) is 4.51. The number of carbonyl (C=O) groups excluding carboxylic acids is 1. The van der Waals surface area contributed by atoms with Crippen molar-refractivity contribution in [1.82, 2.24) is 24.8 Å². The van der Waals surface area contributed by atoms with Crippen molar-refractivity contribution in [1.29, 1.82) is 0 Å². The van der Waals surface area contributed by atoms with E-state index in [0.29, 0.717) is 37.0 Å². The third-order valence-corrected chi connectivity index (χ3v) is 5.02. The number of rotatable bonds is 4. The zero-order chi connectivity index (χ0) is 22.0. The molecule has 31 heavy (non-hydrogen) atoms. The molecular formula is C22H23FN6O2.